The number of rotatable bonds is 7. The Hall–Kier alpha value is -2.59. The van der Waals surface area contributed by atoms with E-state index in [4.69, 9.17) is 9.15 Å². The molecule has 0 saturated heterocycles. The van der Waals surface area contributed by atoms with Crippen LogP contribution in [0.1, 0.15) is 13.8 Å². The summed E-state index contributed by atoms with van der Waals surface area (Å²) >= 11 is 0. The molecule has 0 radical (unpaired) electrons. The van der Waals surface area contributed by atoms with Crippen molar-refractivity contribution in [2.75, 3.05) is 26.2 Å². The highest BCUT2D eigenvalue weighted by Gasteiger charge is 2.08. The van der Waals surface area contributed by atoms with Gasteiger partial charge in [-0.25, -0.2) is 0 Å². The molecule has 4 heteroatoms. The van der Waals surface area contributed by atoms with E-state index in [1.165, 1.54) is 0 Å². The highest BCUT2D eigenvalue weighted by molar-refractivity contribution is 5.80. The summed E-state index contributed by atoms with van der Waals surface area (Å²) in [6.07, 6.45) is 0. The zero-order chi connectivity index (χ0) is 17.6. The third-order valence-electron chi connectivity index (χ3n) is 4.33. The Bertz CT molecular complexity index is 883. The van der Waals surface area contributed by atoms with Crippen molar-refractivity contribution in [1.82, 2.24) is 4.90 Å². The van der Waals surface area contributed by atoms with Crippen molar-refractivity contribution in [3.63, 3.8) is 0 Å². The van der Waals surface area contributed by atoms with Crippen LogP contribution in [-0.2, 0) is 0 Å². The van der Waals surface area contributed by atoms with Gasteiger partial charge in [0.25, 0.3) is 0 Å². The van der Waals surface area contributed by atoms with E-state index < -0.39 is 0 Å². The molecule has 0 atom stereocenters. The number of fused-ring (bicyclic) bond motifs is 1. The molecule has 3 aromatic rings. The van der Waals surface area contributed by atoms with E-state index in [9.17, 15) is 4.79 Å². The lowest BCUT2D eigenvalue weighted by Gasteiger charge is -2.18. The van der Waals surface area contributed by atoms with Gasteiger partial charge in [0.2, 0.25) is 0 Å². The van der Waals surface area contributed by atoms with Gasteiger partial charge in [0, 0.05) is 24.2 Å². The predicted octanol–water partition coefficient (Wildman–Crippen LogP) is 4.18. The molecule has 3 rings (SSSR count). The van der Waals surface area contributed by atoms with E-state index in [1.807, 2.05) is 36.4 Å². The summed E-state index contributed by atoms with van der Waals surface area (Å²) in [5, 5.41) is 0.566. The largest absolute Gasteiger partial charge is 0.492 e. The van der Waals surface area contributed by atoms with Crippen molar-refractivity contribution in [2.45, 2.75) is 13.8 Å². The molecule has 0 spiro atoms. The van der Waals surface area contributed by atoms with E-state index >= 15 is 0 Å². The van der Waals surface area contributed by atoms with Gasteiger partial charge in [0.15, 0.2) is 5.43 Å². The topological polar surface area (TPSA) is 42.7 Å². The Morgan fingerprint density at radius 3 is 2.48 bits per heavy atom. The first-order valence-electron chi connectivity index (χ1n) is 8.69. The maximum atomic E-state index is 12.4. The van der Waals surface area contributed by atoms with E-state index in [1.54, 1.807) is 18.2 Å². The molecule has 2 aromatic carbocycles. The second-order valence-corrected chi connectivity index (χ2v) is 5.87. The highest BCUT2D eigenvalue weighted by atomic mass is 16.5. The van der Waals surface area contributed by atoms with Crippen molar-refractivity contribution in [2.24, 2.45) is 0 Å². The molecule has 0 unspecified atom stereocenters. The summed E-state index contributed by atoms with van der Waals surface area (Å²) in [5.41, 5.74) is 1.39. The minimum atomic E-state index is -0.0465. The average Bonchev–Trinajstić information content (AvgIpc) is 2.65. The number of ether oxygens (including phenoxy) is 1. The van der Waals surface area contributed by atoms with Crippen LogP contribution < -0.4 is 10.2 Å². The molecule has 0 N–H and O–H groups in total. The fraction of sp³-hybridized carbons (Fsp3) is 0.286. The molecule has 4 nitrogen and oxygen atoms in total. The van der Waals surface area contributed by atoms with Crippen molar-refractivity contribution < 1.29 is 9.15 Å². The molecule has 0 saturated carbocycles. The van der Waals surface area contributed by atoms with E-state index in [-0.39, 0.29) is 5.43 Å². The Balaban J connectivity index is 1.85. The molecule has 1 heterocycles. The fourth-order valence-corrected chi connectivity index (χ4v) is 2.80. The van der Waals surface area contributed by atoms with Gasteiger partial charge in [-0.15, -0.1) is 0 Å². The lowest BCUT2D eigenvalue weighted by molar-refractivity contribution is 0.223. The Kier molecular flexibility index (Phi) is 5.51. The third kappa shape index (κ3) is 4.09. The molecule has 0 aliphatic heterocycles. The van der Waals surface area contributed by atoms with E-state index in [2.05, 4.69) is 18.7 Å². The first-order chi connectivity index (χ1) is 12.2. The number of nitrogens with zero attached hydrogens (tertiary/aromatic N) is 1. The summed E-state index contributed by atoms with van der Waals surface area (Å²) in [6, 6.07) is 16.6. The molecular weight excluding hydrogens is 314 g/mol. The van der Waals surface area contributed by atoms with Crippen LogP contribution in [0.25, 0.3) is 22.3 Å². The van der Waals surface area contributed by atoms with E-state index in [0.29, 0.717) is 29.1 Å². The van der Waals surface area contributed by atoms with Crippen molar-refractivity contribution in [3.8, 4) is 17.1 Å². The van der Waals surface area contributed by atoms with Crippen LogP contribution in [0.4, 0.5) is 0 Å². The summed E-state index contributed by atoms with van der Waals surface area (Å²) < 4.78 is 11.8. The molecule has 0 aliphatic carbocycles. The molecule has 0 aliphatic rings. The van der Waals surface area contributed by atoms with Crippen LogP contribution >= 0.6 is 0 Å². The third-order valence-corrected chi connectivity index (χ3v) is 4.33. The van der Waals surface area contributed by atoms with Crippen LogP contribution in [-0.4, -0.2) is 31.1 Å². The van der Waals surface area contributed by atoms with Crippen LogP contribution in [0, 0.1) is 0 Å². The van der Waals surface area contributed by atoms with Crippen molar-refractivity contribution in [1.29, 1.82) is 0 Å². The Labute approximate surface area is 147 Å². The normalized spacial score (nSPS) is 11.2. The van der Waals surface area contributed by atoms with E-state index in [0.717, 1.165) is 25.2 Å². The van der Waals surface area contributed by atoms with Gasteiger partial charge < -0.3 is 14.1 Å². The number of hydrogen-bond donors (Lipinski definition) is 0. The summed E-state index contributed by atoms with van der Waals surface area (Å²) in [6.45, 7) is 7.77. The standard InChI is InChI=1S/C21H23NO3/c1-3-22(4-2)12-13-24-17-10-11-18-19(23)15-20(25-21(18)14-17)16-8-6-5-7-9-16/h5-11,14-15H,3-4,12-13H2,1-2H3. The minimum absolute atomic E-state index is 0.0465. The second kappa shape index (κ2) is 7.99. The molecule has 0 fully saturated rings. The van der Waals surface area contributed by atoms with Crippen LogP contribution in [0.5, 0.6) is 5.75 Å². The number of likely N-dealkylation sites (N-methyl/N-ethyl adjacent to an activating group) is 1. The number of hydrogen-bond acceptors (Lipinski definition) is 4. The lowest BCUT2D eigenvalue weighted by Crippen LogP contribution is -2.27. The van der Waals surface area contributed by atoms with Crippen molar-refractivity contribution >= 4 is 11.0 Å². The van der Waals surface area contributed by atoms with Gasteiger partial charge in [-0.2, -0.15) is 0 Å². The second-order valence-electron chi connectivity index (χ2n) is 5.87. The average molecular weight is 337 g/mol. The van der Waals surface area contributed by atoms with Gasteiger partial charge in [-0.05, 0) is 25.2 Å². The van der Waals surface area contributed by atoms with Crippen molar-refractivity contribution in [3.05, 3.63) is 64.8 Å². The van der Waals surface area contributed by atoms with Crippen LogP contribution in [0.15, 0.2) is 63.8 Å². The maximum Gasteiger partial charge on any atom is 0.193 e. The lowest BCUT2D eigenvalue weighted by atomic mass is 10.1. The first kappa shape index (κ1) is 17.2. The molecule has 25 heavy (non-hydrogen) atoms. The Morgan fingerprint density at radius 1 is 1.00 bits per heavy atom. The minimum Gasteiger partial charge on any atom is -0.492 e. The van der Waals surface area contributed by atoms with Crippen LogP contribution in [0.3, 0.4) is 0 Å². The van der Waals surface area contributed by atoms with Gasteiger partial charge in [-0.3, -0.25) is 4.79 Å². The highest BCUT2D eigenvalue weighted by Crippen LogP contribution is 2.24. The molecule has 130 valence electrons. The summed E-state index contributed by atoms with van der Waals surface area (Å²) in [5.74, 6) is 1.28. The molecular formula is C21H23NO3. The quantitative estimate of drug-likeness (QED) is 0.649. The summed E-state index contributed by atoms with van der Waals surface area (Å²) in [4.78, 5) is 14.7. The fourth-order valence-electron chi connectivity index (χ4n) is 2.80. The van der Waals surface area contributed by atoms with Gasteiger partial charge in [-0.1, -0.05) is 44.2 Å². The van der Waals surface area contributed by atoms with Gasteiger partial charge >= 0.3 is 0 Å². The Morgan fingerprint density at radius 2 is 1.76 bits per heavy atom. The maximum absolute atomic E-state index is 12.4. The van der Waals surface area contributed by atoms with Gasteiger partial charge in [0.05, 0.1) is 5.39 Å². The molecule has 1 aromatic heterocycles. The van der Waals surface area contributed by atoms with Gasteiger partial charge in [0.1, 0.15) is 23.7 Å². The van der Waals surface area contributed by atoms with Crippen LogP contribution in [0.2, 0.25) is 0 Å². The zero-order valence-electron chi connectivity index (χ0n) is 14.7. The first-order valence-corrected chi connectivity index (χ1v) is 8.69. The summed E-state index contributed by atoms with van der Waals surface area (Å²) in [7, 11) is 0. The number of benzene rings is 2. The zero-order valence-corrected chi connectivity index (χ0v) is 14.7. The SMILES string of the molecule is CCN(CC)CCOc1ccc2c(=O)cc(-c3ccccc3)oc2c1. The predicted molar refractivity (Wildman–Crippen MR) is 101 cm³/mol. The smallest absolute Gasteiger partial charge is 0.193 e. The monoisotopic (exact) mass is 337 g/mol. The molecule has 0 bridgehead atoms. The molecule has 0 amide bonds.